The Balaban J connectivity index is 3.37. The third kappa shape index (κ3) is 2.55. The number of hydrogen-bond acceptors (Lipinski definition) is 6. The van der Waals surface area contributed by atoms with Crippen LogP contribution in [-0.4, -0.2) is 25.2 Å². The number of carbonyl (C=O) groups is 1. The van der Waals surface area contributed by atoms with Gasteiger partial charge in [0.15, 0.2) is 0 Å². The van der Waals surface area contributed by atoms with Crippen molar-refractivity contribution in [3.05, 3.63) is 39.9 Å². The summed E-state index contributed by atoms with van der Waals surface area (Å²) in [4.78, 5) is 21.1. The van der Waals surface area contributed by atoms with E-state index in [0.717, 1.165) is 0 Å². The second-order valence-electron chi connectivity index (χ2n) is 3.16. The molecular formula is C10H12N2O6. The van der Waals surface area contributed by atoms with Crippen molar-refractivity contribution in [1.82, 2.24) is 0 Å². The van der Waals surface area contributed by atoms with Gasteiger partial charge in [-0.2, -0.15) is 0 Å². The highest BCUT2D eigenvalue weighted by Gasteiger charge is 2.42. The standard InChI is InChI=1S/C10H12N2O6/c1-16-10(17-2,18-9(11)13)7-5-3-4-6-8(7)12(14)15/h3-6H,1-2H3,(H2,11,13). The van der Waals surface area contributed by atoms with Gasteiger partial charge in [-0.05, 0) is 6.07 Å². The highest BCUT2D eigenvalue weighted by Crippen LogP contribution is 2.34. The maximum atomic E-state index is 10.9. The molecule has 2 N–H and O–H groups in total. The van der Waals surface area contributed by atoms with E-state index in [-0.39, 0.29) is 11.3 Å². The Morgan fingerprint density at radius 2 is 1.89 bits per heavy atom. The van der Waals surface area contributed by atoms with Crippen LogP contribution < -0.4 is 5.73 Å². The third-order valence-electron chi connectivity index (χ3n) is 2.20. The summed E-state index contributed by atoms with van der Waals surface area (Å²) in [6.45, 7) is 0. The Labute approximate surface area is 102 Å². The molecule has 8 nitrogen and oxygen atoms in total. The Kier molecular flexibility index (Phi) is 4.18. The van der Waals surface area contributed by atoms with Gasteiger partial charge < -0.3 is 19.9 Å². The molecule has 0 spiro atoms. The van der Waals surface area contributed by atoms with Gasteiger partial charge in [0.25, 0.3) is 5.69 Å². The summed E-state index contributed by atoms with van der Waals surface area (Å²) in [5.41, 5.74) is 4.51. The van der Waals surface area contributed by atoms with Gasteiger partial charge in [-0.25, -0.2) is 4.79 Å². The SMILES string of the molecule is COC(OC)(OC(N)=O)c1ccccc1[N+](=O)[O-]. The molecule has 18 heavy (non-hydrogen) atoms. The van der Waals surface area contributed by atoms with Crippen LogP contribution >= 0.6 is 0 Å². The van der Waals surface area contributed by atoms with Gasteiger partial charge >= 0.3 is 12.1 Å². The predicted octanol–water partition coefficient (Wildman–Crippen LogP) is 1.09. The molecule has 0 bridgehead atoms. The first kappa shape index (κ1) is 13.9. The number of nitrogens with two attached hydrogens (primary N) is 1. The average molecular weight is 256 g/mol. The van der Waals surface area contributed by atoms with Crippen LogP contribution in [0.4, 0.5) is 10.5 Å². The van der Waals surface area contributed by atoms with Crippen molar-refractivity contribution in [3.63, 3.8) is 0 Å². The lowest BCUT2D eigenvalue weighted by Crippen LogP contribution is -2.38. The molecule has 0 fully saturated rings. The largest absolute Gasteiger partial charge is 0.409 e. The molecule has 1 rings (SSSR count). The number of methoxy groups -OCH3 is 2. The van der Waals surface area contributed by atoms with Crippen molar-refractivity contribution in [2.45, 2.75) is 5.97 Å². The zero-order valence-corrected chi connectivity index (χ0v) is 9.78. The normalized spacial score (nSPS) is 11.0. The van der Waals surface area contributed by atoms with Gasteiger partial charge in [0.2, 0.25) is 0 Å². The number of nitro benzene ring substituents is 1. The number of rotatable bonds is 5. The van der Waals surface area contributed by atoms with Crippen molar-refractivity contribution < 1.29 is 23.9 Å². The van der Waals surface area contributed by atoms with Crippen molar-refractivity contribution >= 4 is 11.8 Å². The van der Waals surface area contributed by atoms with E-state index in [0.29, 0.717) is 0 Å². The van der Waals surface area contributed by atoms with Crippen LogP contribution in [0.2, 0.25) is 0 Å². The van der Waals surface area contributed by atoms with Crippen LogP contribution in [0.25, 0.3) is 0 Å². The highest BCUT2D eigenvalue weighted by atomic mass is 16.9. The molecule has 0 atom stereocenters. The van der Waals surface area contributed by atoms with Crippen LogP contribution in [-0.2, 0) is 20.2 Å². The van der Waals surface area contributed by atoms with E-state index < -0.39 is 17.0 Å². The number of hydrogen-bond donors (Lipinski definition) is 1. The van der Waals surface area contributed by atoms with Crippen LogP contribution in [0.15, 0.2) is 24.3 Å². The van der Waals surface area contributed by atoms with Gasteiger partial charge in [-0.1, -0.05) is 12.1 Å². The summed E-state index contributed by atoms with van der Waals surface area (Å²) >= 11 is 0. The summed E-state index contributed by atoms with van der Waals surface area (Å²) in [6.07, 6.45) is -1.18. The van der Waals surface area contributed by atoms with Crippen LogP contribution in [0.5, 0.6) is 0 Å². The Bertz CT molecular complexity index is 457. The molecule has 0 heterocycles. The smallest absolute Gasteiger partial charge is 0.387 e. The molecule has 1 aromatic rings. The first-order valence-corrected chi connectivity index (χ1v) is 4.79. The molecule has 8 heteroatoms. The van der Waals surface area contributed by atoms with Gasteiger partial charge in [0, 0.05) is 20.3 Å². The second kappa shape index (κ2) is 5.43. The highest BCUT2D eigenvalue weighted by molar-refractivity contribution is 5.65. The summed E-state index contributed by atoms with van der Waals surface area (Å²) in [7, 11) is 2.34. The fourth-order valence-corrected chi connectivity index (χ4v) is 1.47. The topological polar surface area (TPSA) is 114 Å². The molecule has 0 saturated carbocycles. The van der Waals surface area contributed by atoms with E-state index in [1.54, 1.807) is 0 Å². The van der Waals surface area contributed by atoms with Crippen molar-refractivity contribution in [3.8, 4) is 0 Å². The summed E-state index contributed by atoms with van der Waals surface area (Å²) < 4.78 is 14.6. The van der Waals surface area contributed by atoms with Crippen molar-refractivity contribution in [2.75, 3.05) is 14.2 Å². The first-order chi connectivity index (χ1) is 8.46. The van der Waals surface area contributed by atoms with E-state index in [2.05, 4.69) is 0 Å². The summed E-state index contributed by atoms with van der Waals surface area (Å²) in [5.74, 6) is -2.05. The van der Waals surface area contributed by atoms with Crippen molar-refractivity contribution in [2.24, 2.45) is 5.73 Å². The summed E-state index contributed by atoms with van der Waals surface area (Å²) in [6, 6.07) is 5.54. The number of para-hydroxylation sites is 1. The van der Waals surface area contributed by atoms with Crippen LogP contribution in [0.3, 0.4) is 0 Å². The van der Waals surface area contributed by atoms with E-state index in [1.807, 2.05) is 0 Å². The number of amides is 1. The molecule has 0 aliphatic carbocycles. The molecule has 1 amide bonds. The van der Waals surface area contributed by atoms with E-state index in [9.17, 15) is 14.9 Å². The number of benzene rings is 1. The zero-order valence-electron chi connectivity index (χ0n) is 9.78. The number of nitro groups is 1. The molecule has 0 aromatic heterocycles. The van der Waals surface area contributed by atoms with Gasteiger partial charge in [-0.15, -0.1) is 0 Å². The minimum atomic E-state index is -2.05. The molecule has 0 unspecified atom stereocenters. The molecule has 0 radical (unpaired) electrons. The third-order valence-corrected chi connectivity index (χ3v) is 2.20. The average Bonchev–Trinajstić information content (AvgIpc) is 2.35. The molecular weight excluding hydrogens is 244 g/mol. The number of carbonyl (C=O) groups excluding carboxylic acids is 1. The lowest BCUT2D eigenvalue weighted by Gasteiger charge is -2.28. The lowest BCUT2D eigenvalue weighted by atomic mass is 10.1. The zero-order chi connectivity index (χ0) is 13.8. The molecule has 0 saturated heterocycles. The molecule has 98 valence electrons. The minimum absolute atomic E-state index is 0.0706. The van der Waals surface area contributed by atoms with E-state index in [4.69, 9.17) is 19.9 Å². The van der Waals surface area contributed by atoms with Gasteiger partial charge in [0.05, 0.1) is 4.92 Å². The number of nitrogens with zero attached hydrogens (tertiary/aromatic N) is 1. The fourth-order valence-electron chi connectivity index (χ4n) is 1.47. The van der Waals surface area contributed by atoms with Crippen LogP contribution in [0, 0.1) is 10.1 Å². The second-order valence-corrected chi connectivity index (χ2v) is 3.16. The maximum absolute atomic E-state index is 10.9. The van der Waals surface area contributed by atoms with Gasteiger partial charge in [0.1, 0.15) is 5.56 Å². The van der Waals surface area contributed by atoms with E-state index >= 15 is 0 Å². The minimum Gasteiger partial charge on any atom is -0.387 e. The first-order valence-electron chi connectivity index (χ1n) is 4.79. The Hall–Kier alpha value is -2.19. The van der Waals surface area contributed by atoms with E-state index in [1.165, 1.54) is 38.5 Å². The van der Waals surface area contributed by atoms with Gasteiger partial charge in [-0.3, -0.25) is 10.1 Å². The maximum Gasteiger partial charge on any atom is 0.409 e. The number of ether oxygens (including phenoxy) is 3. The van der Waals surface area contributed by atoms with Crippen LogP contribution in [0.1, 0.15) is 5.56 Å². The lowest BCUT2D eigenvalue weighted by molar-refractivity contribution is -0.397. The Morgan fingerprint density at radius 3 is 2.33 bits per heavy atom. The monoisotopic (exact) mass is 256 g/mol. The summed E-state index contributed by atoms with van der Waals surface area (Å²) in [5, 5.41) is 10.9. The molecule has 0 aliphatic heterocycles. The fraction of sp³-hybridized carbons (Fsp3) is 0.300. The predicted molar refractivity (Wildman–Crippen MR) is 59.5 cm³/mol. The molecule has 1 aromatic carbocycles. The Morgan fingerprint density at radius 1 is 1.33 bits per heavy atom. The molecule has 0 aliphatic rings. The number of primary amides is 1. The quantitative estimate of drug-likeness (QED) is 0.479. The van der Waals surface area contributed by atoms with Crippen molar-refractivity contribution in [1.29, 1.82) is 0 Å².